The normalized spacial score (nSPS) is 10.5. The van der Waals surface area contributed by atoms with Crippen molar-refractivity contribution in [1.29, 1.82) is 0 Å². The van der Waals surface area contributed by atoms with Gasteiger partial charge in [0.25, 0.3) is 5.91 Å². The molecule has 0 saturated carbocycles. The maximum absolute atomic E-state index is 10.9. The molecular formula is C18H20Cl2N2O3. The quantitative estimate of drug-likeness (QED) is 0.695. The van der Waals surface area contributed by atoms with E-state index in [1.165, 1.54) is 0 Å². The summed E-state index contributed by atoms with van der Waals surface area (Å²) in [6.07, 6.45) is 0. The van der Waals surface area contributed by atoms with Crippen LogP contribution in [0.25, 0.3) is 0 Å². The molecule has 1 amide bonds. The van der Waals surface area contributed by atoms with Crippen LogP contribution >= 0.6 is 23.2 Å². The van der Waals surface area contributed by atoms with Crippen LogP contribution in [-0.4, -0.2) is 19.1 Å². The summed E-state index contributed by atoms with van der Waals surface area (Å²) in [6, 6.07) is 11.2. The van der Waals surface area contributed by atoms with Crippen molar-refractivity contribution in [1.82, 2.24) is 5.32 Å². The highest BCUT2D eigenvalue weighted by molar-refractivity contribution is 6.32. The number of amides is 1. The Bertz CT molecular complexity index is 738. The summed E-state index contributed by atoms with van der Waals surface area (Å²) in [5, 5.41) is 4.39. The van der Waals surface area contributed by atoms with E-state index in [-0.39, 0.29) is 6.61 Å². The summed E-state index contributed by atoms with van der Waals surface area (Å²) in [4.78, 5) is 10.9. The Morgan fingerprint density at radius 3 is 2.56 bits per heavy atom. The summed E-state index contributed by atoms with van der Waals surface area (Å²) >= 11 is 12.4. The van der Waals surface area contributed by atoms with Crippen molar-refractivity contribution >= 4 is 29.1 Å². The highest BCUT2D eigenvalue weighted by Crippen LogP contribution is 2.36. The summed E-state index contributed by atoms with van der Waals surface area (Å²) in [6.45, 7) is 3.24. The molecule has 2 aromatic carbocycles. The van der Waals surface area contributed by atoms with Crippen molar-refractivity contribution in [2.24, 2.45) is 5.73 Å². The number of nitrogens with two attached hydrogens (primary N) is 1. The molecule has 0 aliphatic carbocycles. The van der Waals surface area contributed by atoms with Gasteiger partial charge >= 0.3 is 0 Å². The third kappa shape index (κ3) is 5.81. The number of carbonyl (C=O) groups is 1. The number of benzene rings is 2. The van der Waals surface area contributed by atoms with Gasteiger partial charge < -0.3 is 20.5 Å². The number of nitrogens with one attached hydrogen (secondary N) is 1. The number of halogens is 2. The van der Waals surface area contributed by atoms with E-state index in [4.69, 9.17) is 38.4 Å². The first kappa shape index (κ1) is 19.4. The van der Waals surface area contributed by atoms with E-state index in [0.29, 0.717) is 36.2 Å². The number of ether oxygens (including phenoxy) is 2. The SMILES string of the molecule is CCOc1cc(CNCc2ccccc2Cl)cc(Cl)c1OCC(N)=O. The van der Waals surface area contributed by atoms with Crippen molar-refractivity contribution in [2.45, 2.75) is 20.0 Å². The predicted molar refractivity (Wildman–Crippen MR) is 99.3 cm³/mol. The zero-order valence-electron chi connectivity index (χ0n) is 13.9. The first-order valence-corrected chi connectivity index (χ1v) is 8.57. The fourth-order valence-corrected chi connectivity index (χ4v) is 2.74. The van der Waals surface area contributed by atoms with Crippen LogP contribution in [0.1, 0.15) is 18.1 Å². The molecule has 0 saturated heterocycles. The Morgan fingerprint density at radius 1 is 1.12 bits per heavy atom. The Hall–Kier alpha value is -1.95. The van der Waals surface area contributed by atoms with Crippen LogP contribution in [0.4, 0.5) is 0 Å². The highest BCUT2D eigenvalue weighted by atomic mass is 35.5. The zero-order valence-corrected chi connectivity index (χ0v) is 15.4. The molecule has 25 heavy (non-hydrogen) atoms. The van der Waals surface area contributed by atoms with Crippen molar-refractivity contribution in [2.75, 3.05) is 13.2 Å². The van der Waals surface area contributed by atoms with Crippen LogP contribution in [0.15, 0.2) is 36.4 Å². The second-order valence-electron chi connectivity index (χ2n) is 5.29. The van der Waals surface area contributed by atoms with E-state index in [9.17, 15) is 4.79 Å². The first-order chi connectivity index (χ1) is 12.0. The standard InChI is InChI=1S/C18H20Cl2N2O3/c1-2-24-16-8-12(7-15(20)18(16)25-11-17(21)23)9-22-10-13-5-3-4-6-14(13)19/h3-8,22H,2,9-11H2,1H3,(H2,21,23). The molecule has 2 rings (SSSR count). The maximum Gasteiger partial charge on any atom is 0.255 e. The molecule has 0 radical (unpaired) electrons. The minimum Gasteiger partial charge on any atom is -0.490 e. The minimum atomic E-state index is -0.580. The van der Waals surface area contributed by atoms with Gasteiger partial charge in [0.05, 0.1) is 11.6 Å². The number of hydrogen-bond donors (Lipinski definition) is 2. The molecular weight excluding hydrogens is 363 g/mol. The fourth-order valence-electron chi connectivity index (χ4n) is 2.25. The smallest absolute Gasteiger partial charge is 0.255 e. The van der Waals surface area contributed by atoms with Gasteiger partial charge in [-0.15, -0.1) is 0 Å². The molecule has 134 valence electrons. The molecule has 2 aromatic rings. The van der Waals surface area contributed by atoms with Crippen molar-refractivity contribution in [3.8, 4) is 11.5 Å². The number of rotatable bonds is 9. The summed E-state index contributed by atoms with van der Waals surface area (Å²) < 4.78 is 10.9. The van der Waals surface area contributed by atoms with Gasteiger partial charge in [0.2, 0.25) is 0 Å². The molecule has 0 heterocycles. The topological polar surface area (TPSA) is 73.6 Å². The van der Waals surface area contributed by atoms with Gasteiger partial charge in [-0.25, -0.2) is 0 Å². The van der Waals surface area contributed by atoms with E-state index in [2.05, 4.69) is 5.32 Å². The molecule has 0 aliphatic rings. The third-order valence-corrected chi connectivity index (χ3v) is 3.98. The maximum atomic E-state index is 10.9. The van der Waals surface area contributed by atoms with E-state index in [0.717, 1.165) is 16.1 Å². The second kappa shape index (κ2) is 9.51. The molecule has 0 spiro atoms. The number of primary amides is 1. The first-order valence-electron chi connectivity index (χ1n) is 7.81. The van der Waals surface area contributed by atoms with Gasteiger partial charge in [-0.3, -0.25) is 4.79 Å². The van der Waals surface area contributed by atoms with Crippen molar-refractivity contribution in [3.63, 3.8) is 0 Å². The molecule has 0 aliphatic heterocycles. The molecule has 0 unspecified atom stereocenters. The van der Waals surface area contributed by atoms with Gasteiger partial charge in [-0.2, -0.15) is 0 Å². The summed E-state index contributed by atoms with van der Waals surface area (Å²) in [5.74, 6) is 0.215. The van der Waals surface area contributed by atoms with Crippen LogP contribution in [0.5, 0.6) is 11.5 Å². The number of carbonyl (C=O) groups excluding carboxylic acids is 1. The predicted octanol–water partition coefficient (Wildman–Crippen LogP) is 3.55. The average molecular weight is 383 g/mol. The molecule has 0 bridgehead atoms. The van der Waals surface area contributed by atoms with Gasteiger partial charge in [0.1, 0.15) is 0 Å². The van der Waals surface area contributed by atoms with E-state index in [1.54, 1.807) is 6.07 Å². The van der Waals surface area contributed by atoms with Crippen LogP contribution in [0.2, 0.25) is 10.0 Å². The lowest BCUT2D eigenvalue weighted by atomic mass is 10.1. The third-order valence-electron chi connectivity index (χ3n) is 3.33. The zero-order chi connectivity index (χ0) is 18.2. The fraction of sp³-hybridized carbons (Fsp3) is 0.278. The van der Waals surface area contributed by atoms with Crippen molar-refractivity contribution < 1.29 is 14.3 Å². The lowest BCUT2D eigenvalue weighted by molar-refractivity contribution is -0.119. The van der Waals surface area contributed by atoms with E-state index in [1.807, 2.05) is 37.3 Å². The second-order valence-corrected chi connectivity index (χ2v) is 6.10. The molecule has 0 aromatic heterocycles. The molecule has 0 fully saturated rings. The molecule has 7 heteroatoms. The van der Waals surface area contributed by atoms with Crippen molar-refractivity contribution in [3.05, 3.63) is 57.6 Å². The van der Waals surface area contributed by atoms with Crippen LogP contribution in [0.3, 0.4) is 0 Å². The number of hydrogen-bond acceptors (Lipinski definition) is 4. The molecule has 5 nitrogen and oxygen atoms in total. The van der Waals surface area contributed by atoms with Crippen LogP contribution in [-0.2, 0) is 17.9 Å². The minimum absolute atomic E-state index is 0.260. The lowest BCUT2D eigenvalue weighted by Gasteiger charge is -2.15. The summed E-state index contributed by atoms with van der Waals surface area (Å²) in [5.41, 5.74) is 7.05. The molecule has 0 atom stereocenters. The van der Waals surface area contributed by atoms with Crippen LogP contribution in [0, 0.1) is 0 Å². The Morgan fingerprint density at radius 2 is 1.88 bits per heavy atom. The van der Waals surface area contributed by atoms with Gasteiger partial charge in [0.15, 0.2) is 18.1 Å². The Labute approximate surface area is 157 Å². The molecule has 3 N–H and O–H groups in total. The Balaban J connectivity index is 2.07. The summed E-state index contributed by atoms with van der Waals surface area (Å²) in [7, 11) is 0. The van der Waals surface area contributed by atoms with Gasteiger partial charge in [0, 0.05) is 18.1 Å². The monoisotopic (exact) mass is 382 g/mol. The Kier molecular flexibility index (Phi) is 7.37. The highest BCUT2D eigenvalue weighted by Gasteiger charge is 2.13. The average Bonchev–Trinajstić information content (AvgIpc) is 2.56. The van der Waals surface area contributed by atoms with E-state index >= 15 is 0 Å². The largest absolute Gasteiger partial charge is 0.490 e. The lowest BCUT2D eigenvalue weighted by Crippen LogP contribution is -2.20. The van der Waals surface area contributed by atoms with Crippen LogP contribution < -0.4 is 20.5 Å². The van der Waals surface area contributed by atoms with Gasteiger partial charge in [-0.1, -0.05) is 41.4 Å². The van der Waals surface area contributed by atoms with Gasteiger partial charge in [-0.05, 0) is 36.2 Å². The van der Waals surface area contributed by atoms with E-state index < -0.39 is 5.91 Å².